The van der Waals surface area contributed by atoms with Crippen molar-refractivity contribution < 1.29 is 14.3 Å². The normalized spacial score (nSPS) is 18.1. The molecule has 0 radical (unpaired) electrons. The molecule has 90 valence electrons. The molecule has 0 amide bonds. The molecule has 0 heterocycles. The summed E-state index contributed by atoms with van der Waals surface area (Å²) in [6.07, 6.45) is 0.357. The SMILES string of the molecule is COC(=O)C(C)(N)CC(C)OC(C)(C)C. The first-order chi connectivity index (χ1) is 6.58. The van der Waals surface area contributed by atoms with Gasteiger partial charge in [0.2, 0.25) is 0 Å². The number of methoxy groups -OCH3 is 1. The summed E-state index contributed by atoms with van der Waals surface area (Å²) in [4.78, 5) is 11.3. The lowest BCUT2D eigenvalue weighted by atomic mass is 9.96. The summed E-state index contributed by atoms with van der Waals surface area (Å²) < 4.78 is 10.3. The third kappa shape index (κ3) is 5.74. The highest BCUT2D eigenvalue weighted by Gasteiger charge is 2.32. The van der Waals surface area contributed by atoms with Crippen LogP contribution in [0.5, 0.6) is 0 Å². The van der Waals surface area contributed by atoms with Crippen LogP contribution in [-0.4, -0.2) is 30.3 Å². The summed E-state index contributed by atoms with van der Waals surface area (Å²) in [6.45, 7) is 9.46. The van der Waals surface area contributed by atoms with Gasteiger partial charge in [-0.2, -0.15) is 0 Å². The van der Waals surface area contributed by atoms with E-state index in [0.717, 1.165) is 0 Å². The molecular weight excluding hydrogens is 194 g/mol. The van der Waals surface area contributed by atoms with Gasteiger partial charge in [-0.3, -0.25) is 4.79 Å². The van der Waals surface area contributed by atoms with E-state index < -0.39 is 11.5 Å². The molecule has 0 rings (SSSR count). The first-order valence-electron chi connectivity index (χ1n) is 5.13. The first kappa shape index (κ1) is 14.4. The molecule has 0 fully saturated rings. The van der Waals surface area contributed by atoms with Crippen molar-refractivity contribution in [2.45, 2.75) is 58.3 Å². The van der Waals surface area contributed by atoms with Gasteiger partial charge in [0, 0.05) is 6.42 Å². The first-order valence-corrected chi connectivity index (χ1v) is 5.13. The highest BCUT2D eigenvalue weighted by atomic mass is 16.5. The highest BCUT2D eigenvalue weighted by molar-refractivity contribution is 5.79. The van der Waals surface area contributed by atoms with Crippen LogP contribution in [-0.2, 0) is 14.3 Å². The Kier molecular flexibility index (Phi) is 4.74. The van der Waals surface area contributed by atoms with Crippen molar-refractivity contribution in [1.29, 1.82) is 0 Å². The van der Waals surface area contributed by atoms with Crippen molar-refractivity contribution >= 4 is 5.97 Å². The van der Waals surface area contributed by atoms with Gasteiger partial charge >= 0.3 is 5.97 Å². The molecule has 0 saturated heterocycles. The quantitative estimate of drug-likeness (QED) is 0.724. The zero-order chi connectivity index (χ0) is 12.3. The zero-order valence-corrected chi connectivity index (χ0v) is 10.6. The predicted molar refractivity (Wildman–Crippen MR) is 59.5 cm³/mol. The molecule has 2 unspecified atom stereocenters. The second-order valence-electron chi connectivity index (χ2n) is 5.15. The van der Waals surface area contributed by atoms with E-state index in [2.05, 4.69) is 4.74 Å². The number of hydrogen-bond donors (Lipinski definition) is 1. The number of ether oxygens (including phenoxy) is 2. The maximum atomic E-state index is 11.3. The van der Waals surface area contributed by atoms with E-state index in [1.54, 1.807) is 6.92 Å². The molecular formula is C11H23NO3. The zero-order valence-electron chi connectivity index (χ0n) is 10.6. The highest BCUT2D eigenvalue weighted by Crippen LogP contribution is 2.18. The molecule has 0 bridgehead atoms. The van der Waals surface area contributed by atoms with Gasteiger partial charge in [-0.15, -0.1) is 0 Å². The van der Waals surface area contributed by atoms with Gasteiger partial charge in [0.1, 0.15) is 5.54 Å². The predicted octanol–water partition coefficient (Wildman–Crippen LogP) is 1.47. The van der Waals surface area contributed by atoms with Crippen LogP contribution in [0.1, 0.15) is 41.0 Å². The van der Waals surface area contributed by atoms with Crippen LogP contribution in [0.15, 0.2) is 0 Å². The van der Waals surface area contributed by atoms with Crippen LogP contribution in [0.25, 0.3) is 0 Å². The fraction of sp³-hybridized carbons (Fsp3) is 0.909. The molecule has 0 aromatic carbocycles. The standard InChI is InChI=1S/C11H23NO3/c1-8(15-10(2,3)4)7-11(5,12)9(13)14-6/h8H,7,12H2,1-6H3. The smallest absolute Gasteiger partial charge is 0.325 e. The molecule has 0 aliphatic heterocycles. The molecule has 0 aliphatic carbocycles. The molecule has 0 saturated carbocycles. The minimum atomic E-state index is -0.987. The van der Waals surface area contributed by atoms with E-state index in [1.165, 1.54) is 7.11 Å². The van der Waals surface area contributed by atoms with Crippen molar-refractivity contribution in [3.05, 3.63) is 0 Å². The Labute approximate surface area is 92.1 Å². The number of carbonyl (C=O) groups is 1. The third-order valence-corrected chi connectivity index (χ3v) is 1.92. The number of nitrogens with two attached hydrogens (primary N) is 1. The Hall–Kier alpha value is -0.610. The van der Waals surface area contributed by atoms with E-state index in [0.29, 0.717) is 6.42 Å². The van der Waals surface area contributed by atoms with Crippen molar-refractivity contribution in [2.24, 2.45) is 5.73 Å². The molecule has 2 atom stereocenters. The number of carbonyl (C=O) groups excluding carboxylic acids is 1. The maximum absolute atomic E-state index is 11.3. The fourth-order valence-electron chi connectivity index (χ4n) is 1.56. The Morgan fingerprint density at radius 3 is 2.13 bits per heavy atom. The van der Waals surface area contributed by atoms with Crippen molar-refractivity contribution in [1.82, 2.24) is 0 Å². The van der Waals surface area contributed by atoms with Crippen LogP contribution in [0.2, 0.25) is 0 Å². The summed E-state index contributed by atoms with van der Waals surface area (Å²) in [5, 5.41) is 0. The van der Waals surface area contributed by atoms with Gasteiger partial charge < -0.3 is 15.2 Å². The molecule has 0 aliphatic rings. The van der Waals surface area contributed by atoms with Crippen LogP contribution in [0, 0.1) is 0 Å². The van der Waals surface area contributed by atoms with Crippen LogP contribution in [0.3, 0.4) is 0 Å². The molecule has 0 aromatic heterocycles. The average Bonchev–Trinajstić information content (AvgIpc) is 1.97. The number of hydrogen-bond acceptors (Lipinski definition) is 4. The van der Waals surface area contributed by atoms with Crippen LogP contribution in [0.4, 0.5) is 0 Å². The Bertz CT molecular complexity index is 218. The summed E-state index contributed by atoms with van der Waals surface area (Å²) in [5.41, 5.74) is 4.62. The van der Waals surface area contributed by atoms with E-state index in [9.17, 15) is 4.79 Å². The third-order valence-electron chi connectivity index (χ3n) is 1.92. The summed E-state index contributed by atoms with van der Waals surface area (Å²) in [7, 11) is 1.34. The summed E-state index contributed by atoms with van der Waals surface area (Å²) in [6, 6.07) is 0. The summed E-state index contributed by atoms with van der Waals surface area (Å²) in [5.74, 6) is -0.410. The maximum Gasteiger partial charge on any atom is 0.325 e. The molecule has 15 heavy (non-hydrogen) atoms. The van der Waals surface area contributed by atoms with Gasteiger partial charge in [-0.05, 0) is 34.6 Å². The fourth-order valence-corrected chi connectivity index (χ4v) is 1.56. The Morgan fingerprint density at radius 2 is 1.80 bits per heavy atom. The lowest BCUT2D eigenvalue weighted by Crippen LogP contribution is -2.48. The second kappa shape index (κ2) is 4.94. The van der Waals surface area contributed by atoms with Crippen molar-refractivity contribution in [2.75, 3.05) is 7.11 Å². The molecule has 0 aromatic rings. The van der Waals surface area contributed by atoms with E-state index >= 15 is 0 Å². The monoisotopic (exact) mass is 217 g/mol. The van der Waals surface area contributed by atoms with Crippen LogP contribution < -0.4 is 5.73 Å². The van der Waals surface area contributed by atoms with E-state index in [4.69, 9.17) is 10.5 Å². The molecule has 0 spiro atoms. The Morgan fingerprint density at radius 1 is 1.33 bits per heavy atom. The van der Waals surface area contributed by atoms with Gasteiger partial charge in [0.25, 0.3) is 0 Å². The lowest BCUT2D eigenvalue weighted by Gasteiger charge is -2.30. The number of rotatable bonds is 4. The van der Waals surface area contributed by atoms with E-state index in [1.807, 2.05) is 27.7 Å². The topological polar surface area (TPSA) is 61.5 Å². The Balaban J connectivity index is 4.28. The summed E-state index contributed by atoms with van der Waals surface area (Å²) >= 11 is 0. The largest absolute Gasteiger partial charge is 0.468 e. The minimum Gasteiger partial charge on any atom is -0.468 e. The van der Waals surface area contributed by atoms with Gasteiger partial charge in [0.15, 0.2) is 0 Å². The van der Waals surface area contributed by atoms with Crippen molar-refractivity contribution in [3.63, 3.8) is 0 Å². The van der Waals surface area contributed by atoms with Crippen molar-refractivity contribution in [3.8, 4) is 0 Å². The van der Waals surface area contributed by atoms with E-state index in [-0.39, 0.29) is 11.7 Å². The molecule has 4 nitrogen and oxygen atoms in total. The van der Waals surface area contributed by atoms with Gasteiger partial charge in [-0.1, -0.05) is 0 Å². The molecule has 2 N–H and O–H groups in total. The van der Waals surface area contributed by atoms with Gasteiger partial charge in [0.05, 0.1) is 18.8 Å². The second-order valence-corrected chi connectivity index (χ2v) is 5.15. The number of esters is 1. The van der Waals surface area contributed by atoms with Crippen LogP contribution >= 0.6 is 0 Å². The minimum absolute atomic E-state index is 0.0842. The van der Waals surface area contributed by atoms with Gasteiger partial charge in [-0.25, -0.2) is 0 Å². The average molecular weight is 217 g/mol. The lowest BCUT2D eigenvalue weighted by molar-refractivity contribution is -0.149. The molecule has 4 heteroatoms.